The maximum atomic E-state index is 11.9. The van der Waals surface area contributed by atoms with Crippen molar-refractivity contribution in [1.82, 2.24) is 15.3 Å². The largest absolute Gasteiger partial charge is 0.445 e. The minimum atomic E-state index is -0.462. The van der Waals surface area contributed by atoms with Gasteiger partial charge in [-0.15, -0.1) is 9.94 Å². The number of nitrogens with one attached hydrogen (secondary N) is 1. The number of alkyl carbamates (subject to hydrolysis) is 1. The molecule has 3 aromatic rings. The Morgan fingerprint density at radius 1 is 0.963 bits per heavy atom. The van der Waals surface area contributed by atoms with Crippen molar-refractivity contribution in [3.63, 3.8) is 0 Å². The molecule has 1 heterocycles. The number of aryl methyl sites for hydroxylation is 1. The topological polar surface area (TPSA) is 65.4 Å². The van der Waals surface area contributed by atoms with E-state index in [2.05, 4.69) is 10.4 Å². The summed E-state index contributed by atoms with van der Waals surface area (Å²) < 4.78 is 5.23. The molecular formula is C21H23N3O3. The van der Waals surface area contributed by atoms with Crippen LogP contribution in [0.2, 0.25) is 0 Å². The fraction of sp³-hybridized carbons (Fsp3) is 0.238. The zero-order chi connectivity index (χ0) is 19.1. The second kappa shape index (κ2) is 8.89. The molecule has 0 radical (unpaired) electrons. The molecule has 6 nitrogen and oxygen atoms in total. The van der Waals surface area contributed by atoms with Crippen molar-refractivity contribution >= 4 is 6.09 Å². The normalized spacial score (nSPS) is 10.4. The standard InChI is InChI=1S/C21H23N3O3/c1-16-20(13-22-21(25)26-14-18-9-5-3-6-10-18)17(2)24(23-16)27-15-19-11-7-4-8-12-19/h3-12H,13-15H2,1-2H3,(H,22,25). The van der Waals surface area contributed by atoms with Crippen LogP contribution < -0.4 is 10.2 Å². The number of amides is 1. The molecule has 140 valence electrons. The van der Waals surface area contributed by atoms with Crippen molar-refractivity contribution in [2.45, 2.75) is 33.6 Å². The summed E-state index contributed by atoms with van der Waals surface area (Å²) in [4.78, 5) is 19.2. The van der Waals surface area contributed by atoms with E-state index < -0.39 is 6.09 Å². The predicted octanol–water partition coefficient (Wildman–Crippen LogP) is 3.56. The van der Waals surface area contributed by atoms with E-state index in [1.54, 1.807) is 0 Å². The summed E-state index contributed by atoms with van der Waals surface area (Å²) in [5.74, 6) is 0. The van der Waals surface area contributed by atoms with Crippen LogP contribution in [0.5, 0.6) is 0 Å². The lowest BCUT2D eigenvalue weighted by molar-refractivity contribution is 0.0650. The first-order valence-corrected chi connectivity index (χ1v) is 8.80. The second-order valence-electron chi connectivity index (χ2n) is 6.20. The minimum Gasteiger partial charge on any atom is -0.445 e. The zero-order valence-electron chi connectivity index (χ0n) is 15.5. The Hall–Kier alpha value is -3.28. The minimum absolute atomic E-state index is 0.240. The number of hydrogen-bond donors (Lipinski definition) is 1. The fourth-order valence-corrected chi connectivity index (χ4v) is 2.67. The maximum absolute atomic E-state index is 11.9. The molecule has 1 aromatic heterocycles. The van der Waals surface area contributed by atoms with Gasteiger partial charge < -0.3 is 14.9 Å². The highest BCUT2D eigenvalue weighted by Crippen LogP contribution is 2.12. The van der Waals surface area contributed by atoms with E-state index in [1.807, 2.05) is 74.5 Å². The van der Waals surface area contributed by atoms with Gasteiger partial charge in [-0.05, 0) is 25.0 Å². The summed E-state index contributed by atoms with van der Waals surface area (Å²) >= 11 is 0. The molecule has 27 heavy (non-hydrogen) atoms. The van der Waals surface area contributed by atoms with Gasteiger partial charge in [-0.3, -0.25) is 0 Å². The van der Waals surface area contributed by atoms with Crippen molar-refractivity contribution in [2.24, 2.45) is 0 Å². The number of ether oxygens (including phenoxy) is 1. The summed E-state index contributed by atoms with van der Waals surface area (Å²) in [7, 11) is 0. The van der Waals surface area contributed by atoms with E-state index in [0.717, 1.165) is 28.1 Å². The summed E-state index contributed by atoms with van der Waals surface area (Å²) in [6.07, 6.45) is -0.462. The smallest absolute Gasteiger partial charge is 0.407 e. The third kappa shape index (κ3) is 5.10. The zero-order valence-corrected chi connectivity index (χ0v) is 15.5. The van der Waals surface area contributed by atoms with Crippen LogP contribution >= 0.6 is 0 Å². The number of carbonyl (C=O) groups excluding carboxylic acids is 1. The average molecular weight is 365 g/mol. The Balaban J connectivity index is 1.52. The number of carbonyl (C=O) groups is 1. The molecule has 0 aliphatic heterocycles. The van der Waals surface area contributed by atoms with Crippen molar-refractivity contribution in [1.29, 1.82) is 0 Å². The van der Waals surface area contributed by atoms with Gasteiger partial charge in [-0.25, -0.2) is 4.79 Å². The molecule has 0 aliphatic rings. The Labute approximate surface area is 158 Å². The third-order valence-corrected chi connectivity index (χ3v) is 4.22. The molecule has 3 rings (SSSR count). The molecule has 0 spiro atoms. The van der Waals surface area contributed by atoms with E-state index >= 15 is 0 Å². The number of benzene rings is 2. The Morgan fingerprint density at radius 3 is 2.19 bits per heavy atom. The van der Waals surface area contributed by atoms with Gasteiger partial charge in [0.2, 0.25) is 0 Å². The molecule has 6 heteroatoms. The lowest BCUT2D eigenvalue weighted by Gasteiger charge is -2.09. The molecule has 0 saturated heterocycles. The van der Waals surface area contributed by atoms with Gasteiger partial charge in [-0.1, -0.05) is 60.7 Å². The number of hydrogen-bond acceptors (Lipinski definition) is 4. The van der Waals surface area contributed by atoms with Crippen LogP contribution in [0.25, 0.3) is 0 Å². The summed E-state index contributed by atoms with van der Waals surface area (Å²) in [5.41, 5.74) is 4.59. The lowest BCUT2D eigenvalue weighted by Crippen LogP contribution is -2.24. The highest BCUT2D eigenvalue weighted by atomic mass is 16.7. The van der Waals surface area contributed by atoms with Gasteiger partial charge in [0.15, 0.2) is 0 Å². The predicted molar refractivity (Wildman–Crippen MR) is 102 cm³/mol. The van der Waals surface area contributed by atoms with Crippen molar-refractivity contribution < 1.29 is 14.4 Å². The van der Waals surface area contributed by atoms with Crippen LogP contribution in [0.3, 0.4) is 0 Å². The molecule has 0 bridgehead atoms. The van der Waals surface area contributed by atoms with Crippen molar-refractivity contribution in [2.75, 3.05) is 0 Å². The first-order valence-electron chi connectivity index (χ1n) is 8.80. The van der Waals surface area contributed by atoms with E-state index in [0.29, 0.717) is 13.2 Å². The molecule has 2 aromatic carbocycles. The second-order valence-corrected chi connectivity index (χ2v) is 6.20. The molecule has 0 atom stereocenters. The van der Waals surface area contributed by atoms with Gasteiger partial charge in [0.05, 0.1) is 11.4 Å². The SMILES string of the molecule is Cc1nn(OCc2ccccc2)c(C)c1CNC(=O)OCc1ccccc1. The van der Waals surface area contributed by atoms with Gasteiger partial charge >= 0.3 is 6.09 Å². The number of nitrogens with zero attached hydrogens (tertiary/aromatic N) is 2. The van der Waals surface area contributed by atoms with Crippen molar-refractivity contribution in [3.05, 3.63) is 88.7 Å². The van der Waals surface area contributed by atoms with Crippen LogP contribution in [0.4, 0.5) is 4.79 Å². The Bertz CT molecular complexity index is 876. The third-order valence-electron chi connectivity index (χ3n) is 4.22. The number of aromatic nitrogens is 2. The first-order chi connectivity index (χ1) is 13.1. The summed E-state index contributed by atoms with van der Waals surface area (Å²) in [6, 6.07) is 19.5. The van der Waals surface area contributed by atoms with Crippen LogP contribution in [-0.2, 0) is 24.5 Å². The number of rotatable bonds is 7. The first kappa shape index (κ1) is 18.5. The molecule has 0 fully saturated rings. The van der Waals surface area contributed by atoms with Crippen LogP contribution in [0.1, 0.15) is 28.1 Å². The fourth-order valence-electron chi connectivity index (χ4n) is 2.67. The van der Waals surface area contributed by atoms with Crippen molar-refractivity contribution in [3.8, 4) is 0 Å². The van der Waals surface area contributed by atoms with Crippen LogP contribution in [0.15, 0.2) is 60.7 Å². The average Bonchev–Trinajstić information content (AvgIpc) is 2.97. The molecule has 0 aliphatic carbocycles. The van der Waals surface area contributed by atoms with Gasteiger partial charge in [0, 0.05) is 12.1 Å². The summed E-state index contributed by atoms with van der Waals surface area (Å²) in [6.45, 7) is 4.80. The van der Waals surface area contributed by atoms with E-state index in [4.69, 9.17) is 9.57 Å². The molecule has 0 saturated carbocycles. The van der Waals surface area contributed by atoms with Crippen LogP contribution in [0, 0.1) is 13.8 Å². The monoisotopic (exact) mass is 365 g/mol. The lowest BCUT2D eigenvalue weighted by atomic mass is 10.2. The Morgan fingerprint density at radius 2 is 1.56 bits per heavy atom. The molecule has 0 unspecified atom stereocenters. The summed E-state index contributed by atoms with van der Waals surface area (Å²) in [5, 5.41) is 7.17. The molecule has 1 N–H and O–H groups in total. The molecule has 1 amide bonds. The maximum Gasteiger partial charge on any atom is 0.407 e. The quantitative estimate of drug-likeness (QED) is 0.695. The van der Waals surface area contributed by atoms with Crippen LogP contribution in [-0.4, -0.2) is 16.0 Å². The van der Waals surface area contributed by atoms with Gasteiger partial charge in [0.1, 0.15) is 13.2 Å². The Kier molecular flexibility index (Phi) is 6.10. The van der Waals surface area contributed by atoms with Gasteiger partial charge in [0.25, 0.3) is 0 Å². The van der Waals surface area contributed by atoms with E-state index in [9.17, 15) is 4.79 Å². The van der Waals surface area contributed by atoms with E-state index in [1.165, 1.54) is 4.85 Å². The highest BCUT2D eigenvalue weighted by molar-refractivity contribution is 5.67. The highest BCUT2D eigenvalue weighted by Gasteiger charge is 2.14. The van der Waals surface area contributed by atoms with Gasteiger partial charge in [-0.2, -0.15) is 0 Å². The van der Waals surface area contributed by atoms with E-state index in [-0.39, 0.29) is 6.61 Å². The molecular weight excluding hydrogens is 342 g/mol.